The van der Waals surface area contributed by atoms with Gasteiger partial charge < -0.3 is 14.6 Å². The number of hydrogen-bond donors (Lipinski definition) is 1. The Hall–Kier alpha value is -0.900. The quantitative estimate of drug-likeness (QED) is 0.697. The first-order valence-corrected chi connectivity index (χ1v) is 7.09. The van der Waals surface area contributed by atoms with Crippen molar-refractivity contribution in [1.29, 1.82) is 0 Å². The molecule has 0 amide bonds. The van der Waals surface area contributed by atoms with E-state index in [-0.39, 0.29) is 6.10 Å². The molecule has 0 bridgehead atoms. The number of benzene rings is 1. The third kappa shape index (κ3) is 6.19. The molecule has 0 aliphatic rings. The van der Waals surface area contributed by atoms with E-state index in [0.717, 1.165) is 25.0 Å². The van der Waals surface area contributed by atoms with Gasteiger partial charge in [0, 0.05) is 6.61 Å². The number of hydrogen-bond acceptors (Lipinski definition) is 3. The van der Waals surface area contributed by atoms with E-state index < -0.39 is 6.10 Å². The van der Waals surface area contributed by atoms with Crippen molar-refractivity contribution in [2.24, 2.45) is 0 Å². The van der Waals surface area contributed by atoms with Crippen LogP contribution in [-0.2, 0) is 9.47 Å². The fraction of sp³-hybridized carbons (Fsp3) is 0.625. The van der Waals surface area contributed by atoms with Gasteiger partial charge in [0.15, 0.2) is 0 Å². The van der Waals surface area contributed by atoms with Crippen LogP contribution in [-0.4, -0.2) is 31.0 Å². The summed E-state index contributed by atoms with van der Waals surface area (Å²) in [5.41, 5.74) is 2.08. The lowest BCUT2D eigenvalue weighted by molar-refractivity contribution is -0.0484. The zero-order chi connectivity index (χ0) is 14.1. The maximum absolute atomic E-state index is 10.2. The molecule has 1 aromatic rings. The minimum Gasteiger partial charge on any atom is -0.386 e. The second-order valence-electron chi connectivity index (χ2n) is 4.90. The average molecular weight is 266 g/mol. The Morgan fingerprint density at radius 2 is 1.79 bits per heavy atom. The summed E-state index contributed by atoms with van der Waals surface area (Å²) in [7, 11) is 0. The highest BCUT2D eigenvalue weighted by atomic mass is 16.5. The topological polar surface area (TPSA) is 38.7 Å². The van der Waals surface area contributed by atoms with Crippen LogP contribution in [0, 0.1) is 6.92 Å². The van der Waals surface area contributed by atoms with E-state index in [1.165, 1.54) is 5.56 Å². The second-order valence-corrected chi connectivity index (χ2v) is 4.90. The molecule has 19 heavy (non-hydrogen) atoms. The zero-order valence-electron chi connectivity index (χ0n) is 12.3. The minimum absolute atomic E-state index is 0.225. The summed E-state index contributed by atoms with van der Waals surface area (Å²) in [6.07, 6.45) is 1.42. The van der Waals surface area contributed by atoms with Crippen molar-refractivity contribution in [3.05, 3.63) is 35.4 Å². The van der Waals surface area contributed by atoms with E-state index in [9.17, 15) is 5.11 Å². The number of unbranched alkanes of at least 4 members (excludes halogenated alkanes) is 1. The average Bonchev–Trinajstić information content (AvgIpc) is 2.42. The van der Waals surface area contributed by atoms with E-state index in [1.54, 1.807) is 0 Å². The number of aliphatic hydroxyl groups excluding tert-OH is 1. The van der Waals surface area contributed by atoms with Gasteiger partial charge in [-0.1, -0.05) is 43.2 Å². The number of ether oxygens (including phenoxy) is 2. The molecule has 0 saturated heterocycles. The van der Waals surface area contributed by atoms with Crippen LogP contribution in [0.2, 0.25) is 0 Å². The minimum atomic E-state index is -0.587. The highest BCUT2D eigenvalue weighted by Crippen LogP contribution is 2.19. The summed E-state index contributed by atoms with van der Waals surface area (Å²) >= 11 is 0. The maximum Gasteiger partial charge on any atom is 0.105 e. The van der Waals surface area contributed by atoms with Gasteiger partial charge in [-0.05, 0) is 25.8 Å². The lowest BCUT2D eigenvalue weighted by Crippen LogP contribution is -2.21. The standard InChI is InChI=1S/C16H26O3/c1-4-5-10-18-11-12-19-14(3)16(17)15-8-6-13(2)7-9-15/h6-9,14,16-17H,4-5,10-12H2,1-3H3. The van der Waals surface area contributed by atoms with Crippen LogP contribution in [0.1, 0.15) is 43.9 Å². The van der Waals surface area contributed by atoms with Gasteiger partial charge in [-0.2, -0.15) is 0 Å². The third-order valence-electron chi connectivity index (χ3n) is 3.11. The molecule has 2 unspecified atom stereocenters. The van der Waals surface area contributed by atoms with Gasteiger partial charge >= 0.3 is 0 Å². The van der Waals surface area contributed by atoms with Crippen molar-refractivity contribution < 1.29 is 14.6 Å². The van der Waals surface area contributed by atoms with Gasteiger partial charge in [0.05, 0.1) is 19.3 Å². The molecule has 0 spiro atoms. The molecule has 2 atom stereocenters. The Morgan fingerprint density at radius 1 is 1.11 bits per heavy atom. The largest absolute Gasteiger partial charge is 0.386 e. The fourth-order valence-corrected chi connectivity index (χ4v) is 1.77. The summed E-state index contributed by atoms with van der Waals surface area (Å²) in [5, 5.41) is 10.2. The first-order chi connectivity index (χ1) is 9.15. The molecular formula is C16H26O3. The van der Waals surface area contributed by atoms with Crippen LogP contribution < -0.4 is 0 Å². The SMILES string of the molecule is CCCCOCCOC(C)C(O)c1ccc(C)cc1. The molecule has 0 radical (unpaired) electrons. The van der Waals surface area contributed by atoms with Gasteiger partial charge in [-0.25, -0.2) is 0 Å². The van der Waals surface area contributed by atoms with Gasteiger partial charge in [-0.15, -0.1) is 0 Å². The smallest absolute Gasteiger partial charge is 0.105 e. The Labute approximate surface area is 116 Å². The molecule has 0 aromatic heterocycles. The van der Waals surface area contributed by atoms with Gasteiger partial charge in [0.25, 0.3) is 0 Å². The summed E-state index contributed by atoms with van der Waals surface area (Å²) in [6.45, 7) is 7.95. The summed E-state index contributed by atoms with van der Waals surface area (Å²) in [4.78, 5) is 0. The van der Waals surface area contributed by atoms with Crippen LogP contribution in [0.25, 0.3) is 0 Å². The number of aryl methyl sites for hydroxylation is 1. The molecule has 0 fully saturated rings. The summed E-state index contributed by atoms with van der Waals surface area (Å²) < 4.78 is 11.0. The lowest BCUT2D eigenvalue weighted by Gasteiger charge is -2.20. The lowest BCUT2D eigenvalue weighted by atomic mass is 10.0. The third-order valence-corrected chi connectivity index (χ3v) is 3.11. The van der Waals surface area contributed by atoms with E-state index in [4.69, 9.17) is 9.47 Å². The van der Waals surface area contributed by atoms with Crippen molar-refractivity contribution in [3.63, 3.8) is 0 Å². The monoisotopic (exact) mass is 266 g/mol. The maximum atomic E-state index is 10.2. The van der Waals surface area contributed by atoms with Gasteiger partial charge in [0.2, 0.25) is 0 Å². The van der Waals surface area contributed by atoms with Crippen LogP contribution >= 0.6 is 0 Å². The molecule has 3 nitrogen and oxygen atoms in total. The molecule has 1 N–H and O–H groups in total. The Bertz CT molecular complexity index is 334. The van der Waals surface area contributed by atoms with Crippen molar-refractivity contribution in [3.8, 4) is 0 Å². The molecule has 0 aliphatic heterocycles. The van der Waals surface area contributed by atoms with E-state index in [0.29, 0.717) is 13.2 Å². The Morgan fingerprint density at radius 3 is 2.42 bits per heavy atom. The molecular weight excluding hydrogens is 240 g/mol. The van der Waals surface area contributed by atoms with Crippen LogP contribution in [0.4, 0.5) is 0 Å². The summed E-state index contributed by atoms with van der Waals surface area (Å²) in [5.74, 6) is 0. The van der Waals surface area contributed by atoms with Crippen molar-refractivity contribution in [2.75, 3.05) is 19.8 Å². The molecule has 1 aromatic carbocycles. The first kappa shape index (κ1) is 16.2. The fourth-order valence-electron chi connectivity index (χ4n) is 1.77. The molecule has 108 valence electrons. The molecule has 0 heterocycles. The molecule has 1 rings (SSSR count). The molecule has 0 saturated carbocycles. The Balaban J connectivity index is 2.25. The van der Waals surface area contributed by atoms with Crippen LogP contribution in [0.5, 0.6) is 0 Å². The van der Waals surface area contributed by atoms with E-state index in [2.05, 4.69) is 6.92 Å². The van der Waals surface area contributed by atoms with Gasteiger partial charge in [-0.3, -0.25) is 0 Å². The van der Waals surface area contributed by atoms with Gasteiger partial charge in [0.1, 0.15) is 6.10 Å². The van der Waals surface area contributed by atoms with Crippen LogP contribution in [0.3, 0.4) is 0 Å². The normalized spacial score (nSPS) is 14.3. The first-order valence-electron chi connectivity index (χ1n) is 7.09. The Kier molecular flexibility index (Phi) is 7.72. The van der Waals surface area contributed by atoms with E-state index in [1.807, 2.05) is 38.1 Å². The second kappa shape index (κ2) is 9.08. The number of aliphatic hydroxyl groups is 1. The van der Waals surface area contributed by atoms with Crippen molar-refractivity contribution in [1.82, 2.24) is 0 Å². The highest BCUT2D eigenvalue weighted by Gasteiger charge is 2.16. The van der Waals surface area contributed by atoms with E-state index >= 15 is 0 Å². The predicted octanol–water partition coefficient (Wildman–Crippen LogP) is 3.25. The zero-order valence-corrected chi connectivity index (χ0v) is 12.3. The summed E-state index contributed by atoms with van der Waals surface area (Å²) in [6, 6.07) is 7.88. The van der Waals surface area contributed by atoms with Crippen LogP contribution in [0.15, 0.2) is 24.3 Å². The van der Waals surface area contributed by atoms with Crippen molar-refractivity contribution >= 4 is 0 Å². The van der Waals surface area contributed by atoms with Crippen molar-refractivity contribution in [2.45, 2.75) is 45.8 Å². The highest BCUT2D eigenvalue weighted by molar-refractivity contribution is 5.23. The molecule has 0 aliphatic carbocycles. The molecule has 3 heteroatoms. The number of rotatable bonds is 9. The predicted molar refractivity (Wildman–Crippen MR) is 77.3 cm³/mol.